The van der Waals surface area contributed by atoms with E-state index in [2.05, 4.69) is 30.7 Å². The SMILES string of the molecule is FC(F)(F)c1cccc(-c2csc(Cn3cc(-c4nn[nH]n4)cn3)n2)c1. The normalized spacial score (nSPS) is 11.8. The molecule has 0 aliphatic heterocycles. The van der Waals surface area contributed by atoms with Gasteiger partial charge in [0.2, 0.25) is 5.82 Å². The minimum absolute atomic E-state index is 0.390. The van der Waals surface area contributed by atoms with Crippen LogP contribution in [0.5, 0.6) is 0 Å². The first-order valence-electron chi connectivity index (χ1n) is 7.37. The van der Waals surface area contributed by atoms with Crippen LogP contribution in [0.15, 0.2) is 42.0 Å². The van der Waals surface area contributed by atoms with E-state index in [1.165, 1.54) is 17.4 Å². The third-order valence-corrected chi connectivity index (χ3v) is 4.41. The molecular formula is C15H10F3N7S. The summed E-state index contributed by atoms with van der Waals surface area (Å²) in [5, 5.41) is 20.3. The van der Waals surface area contributed by atoms with Crippen LogP contribution in [-0.2, 0) is 12.7 Å². The van der Waals surface area contributed by atoms with E-state index in [0.717, 1.165) is 17.1 Å². The molecule has 0 radical (unpaired) electrons. The zero-order chi connectivity index (χ0) is 18.1. The zero-order valence-electron chi connectivity index (χ0n) is 13.0. The topological polar surface area (TPSA) is 85.2 Å². The number of H-pyrrole nitrogens is 1. The second kappa shape index (κ2) is 6.33. The lowest BCUT2D eigenvalue weighted by Crippen LogP contribution is -2.04. The summed E-state index contributed by atoms with van der Waals surface area (Å²) < 4.78 is 40.2. The van der Waals surface area contributed by atoms with Crippen LogP contribution in [0.1, 0.15) is 10.6 Å². The highest BCUT2D eigenvalue weighted by Gasteiger charge is 2.30. The second-order valence-corrected chi connectivity index (χ2v) is 6.31. The number of halogens is 3. The minimum atomic E-state index is -4.38. The molecule has 3 heterocycles. The molecule has 4 aromatic rings. The molecule has 0 saturated heterocycles. The van der Waals surface area contributed by atoms with E-state index in [9.17, 15) is 13.2 Å². The van der Waals surface area contributed by atoms with E-state index in [4.69, 9.17) is 0 Å². The summed E-state index contributed by atoms with van der Waals surface area (Å²) in [5.41, 5.74) is 0.937. The van der Waals surface area contributed by atoms with Crippen molar-refractivity contribution in [1.29, 1.82) is 0 Å². The van der Waals surface area contributed by atoms with Crippen LogP contribution in [-0.4, -0.2) is 35.4 Å². The first-order valence-corrected chi connectivity index (χ1v) is 8.25. The molecule has 0 amide bonds. The smallest absolute Gasteiger partial charge is 0.265 e. The number of aromatic nitrogens is 7. The maximum absolute atomic E-state index is 12.8. The van der Waals surface area contributed by atoms with E-state index < -0.39 is 11.7 Å². The molecule has 1 aromatic carbocycles. The van der Waals surface area contributed by atoms with Crippen molar-refractivity contribution in [2.24, 2.45) is 0 Å². The molecule has 0 aliphatic rings. The zero-order valence-corrected chi connectivity index (χ0v) is 13.8. The number of thiazole rings is 1. The Bertz CT molecular complexity index is 1020. The predicted octanol–water partition coefficient (Wildman–Crippen LogP) is 3.25. The van der Waals surface area contributed by atoms with Gasteiger partial charge in [-0.2, -0.15) is 23.5 Å². The van der Waals surface area contributed by atoms with Crippen LogP contribution in [0.25, 0.3) is 22.6 Å². The van der Waals surface area contributed by atoms with Crippen molar-refractivity contribution in [3.63, 3.8) is 0 Å². The molecule has 0 atom stereocenters. The molecular weight excluding hydrogens is 367 g/mol. The molecule has 0 spiro atoms. The Morgan fingerprint density at radius 2 is 2.08 bits per heavy atom. The molecule has 0 bridgehead atoms. The molecule has 11 heteroatoms. The van der Waals surface area contributed by atoms with Gasteiger partial charge in [0.25, 0.3) is 0 Å². The fraction of sp³-hybridized carbons (Fsp3) is 0.133. The second-order valence-electron chi connectivity index (χ2n) is 5.37. The monoisotopic (exact) mass is 377 g/mol. The van der Waals surface area contributed by atoms with Gasteiger partial charge in [-0.15, -0.1) is 21.5 Å². The Labute approximate surface area is 148 Å². The fourth-order valence-corrected chi connectivity index (χ4v) is 3.15. The number of nitrogens with zero attached hydrogens (tertiary/aromatic N) is 6. The highest BCUT2D eigenvalue weighted by Crippen LogP contribution is 2.32. The van der Waals surface area contributed by atoms with Gasteiger partial charge in [-0.05, 0) is 17.3 Å². The van der Waals surface area contributed by atoms with E-state index in [1.807, 2.05) is 0 Å². The van der Waals surface area contributed by atoms with Crippen molar-refractivity contribution in [2.45, 2.75) is 12.7 Å². The molecule has 7 nitrogen and oxygen atoms in total. The Morgan fingerprint density at radius 3 is 2.85 bits per heavy atom. The number of hydrogen-bond acceptors (Lipinski definition) is 6. The Hall–Kier alpha value is -3.08. The van der Waals surface area contributed by atoms with Crippen molar-refractivity contribution >= 4 is 11.3 Å². The molecule has 0 unspecified atom stereocenters. The number of hydrogen-bond donors (Lipinski definition) is 1. The van der Waals surface area contributed by atoms with E-state index in [0.29, 0.717) is 29.2 Å². The summed E-state index contributed by atoms with van der Waals surface area (Å²) in [4.78, 5) is 4.41. The summed E-state index contributed by atoms with van der Waals surface area (Å²) in [6.07, 6.45) is -1.03. The highest BCUT2D eigenvalue weighted by atomic mass is 32.1. The van der Waals surface area contributed by atoms with E-state index in [-0.39, 0.29) is 0 Å². The minimum Gasteiger partial charge on any atom is -0.265 e. The van der Waals surface area contributed by atoms with Gasteiger partial charge >= 0.3 is 6.18 Å². The van der Waals surface area contributed by atoms with Crippen LogP contribution in [0.4, 0.5) is 13.2 Å². The standard InChI is InChI=1S/C15H10F3N7S/c16-15(17,18)11-3-1-2-9(4-11)12-8-26-13(20-12)7-25-6-10(5-19-25)14-21-23-24-22-14/h1-6,8H,7H2,(H,21,22,23,24). The number of aromatic amines is 1. The molecule has 132 valence electrons. The first kappa shape index (κ1) is 16.4. The van der Waals surface area contributed by atoms with Gasteiger partial charge in [0, 0.05) is 17.1 Å². The molecule has 0 fully saturated rings. The van der Waals surface area contributed by atoms with Crippen molar-refractivity contribution < 1.29 is 13.2 Å². The summed E-state index contributed by atoms with van der Waals surface area (Å²) >= 11 is 1.36. The van der Waals surface area contributed by atoms with Crippen molar-refractivity contribution in [2.75, 3.05) is 0 Å². The van der Waals surface area contributed by atoms with E-state index in [1.54, 1.807) is 28.5 Å². The van der Waals surface area contributed by atoms with Gasteiger partial charge in [0.05, 0.1) is 29.6 Å². The Balaban J connectivity index is 1.54. The maximum atomic E-state index is 12.8. The molecule has 26 heavy (non-hydrogen) atoms. The lowest BCUT2D eigenvalue weighted by Gasteiger charge is -2.07. The van der Waals surface area contributed by atoms with Crippen molar-refractivity contribution in [3.8, 4) is 22.6 Å². The lowest BCUT2D eigenvalue weighted by molar-refractivity contribution is -0.137. The van der Waals surface area contributed by atoms with Crippen molar-refractivity contribution in [1.82, 2.24) is 35.4 Å². The van der Waals surface area contributed by atoms with Gasteiger partial charge in [-0.3, -0.25) is 4.68 Å². The number of tetrazole rings is 1. The Kier molecular flexibility index (Phi) is 3.99. The third kappa shape index (κ3) is 3.33. The average molecular weight is 377 g/mol. The maximum Gasteiger partial charge on any atom is 0.416 e. The molecule has 4 rings (SSSR count). The van der Waals surface area contributed by atoms with Crippen LogP contribution in [0, 0.1) is 0 Å². The largest absolute Gasteiger partial charge is 0.416 e. The number of benzene rings is 1. The quantitative estimate of drug-likeness (QED) is 0.590. The number of nitrogens with one attached hydrogen (secondary N) is 1. The Morgan fingerprint density at radius 1 is 1.19 bits per heavy atom. The average Bonchev–Trinajstić information content (AvgIpc) is 3.36. The van der Waals surface area contributed by atoms with Crippen LogP contribution in [0.2, 0.25) is 0 Å². The van der Waals surface area contributed by atoms with Crippen LogP contribution < -0.4 is 0 Å². The summed E-state index contributed by atoms with van der Waals surface area (Å²) in [6, 6.07) is 5.12. The molecule has 0 saturated carbocycles. The van der Waals surface area contributed by atoms with Gasteiger partial charge in [0.15, 0.2) is 0 Å². The van der Waals surface area contributed by atoms with Crippen molar-refractivity contribution in [3.05, 3.63) is 52.6 Å². The molecule has 3 aromatic heterocycles. The summed E-state index contributed by atoms with van der Waals surface area (Å²) in [6.45, 7) is 0.390. The predicted molar refractivity (Wildman–Crippen MR) is 87.1 cm³/mol. The van der Waals surface area contributed by atoms with Gasteiger partial charge < -0.3 is 0 Å². The van der Waals surface area contributed by atoms with Crippen LogP contribution >= 0.6 is 11.3 Å². The molecule has 1 N–H and O–H groups in total. The first-order chi connectivity index (χ1) is 12.5. The number of alkyl halides is 3. The van der Waals surface area contributed by atoms with Gasteiger partial charge in [-0.25, -0.2) is 4.98 Å². The number of rotatable bonds is 4. The molecule has 0 aliphatic carbocycles. The lowest BCUT2D eigenvalue weighted by atomic mass is 10.1. The van der Waals surface area contributed by atoms with Gasteiger partial charge in [-0.1, -0.05) is 12.1 Å². The summed E-state index contributed by atoms with van der Waals surface area (Å²) in [7, 11) is 0. The summed E-state index contributed by atoms with van der Waals surface area (Å²) in [5.74, 6) is 0.431. The van der Waals surface area contributed by atoms with Crippen LogP contribution in [0.3, 0.4) is 0 Å². The third-order valence-electron chi connectivity index (χ3n) is 3.57. The van der Waals surface area contributed by atoms with Gasteiger partial charge in [0.1, 0.15) is 5.01 Å². The van der Waals surface area contributed by atoms with E-state index >= 15 is 0 Å². The highest BCUT2D eigenvalue weighted by molar-refractivity contribution is 7.09. The fourth-order valence-electron chi connectivity index (χ4n) is 2.36.